The normalized spacial score (nSPS) is 15.1. The molecule has 1 amide bonds. The Morgan fingerprint density at radius 2 is 1.93 bits per heavy atom. The maximum atomic E-state index is 12.4. The molecule has 7 nitrogen and oxygen atoms in total. The van der Waals surface area contributed by atoms with Crippen LogP contribution >= 0.6 is 0 Å². The van der Waals surface area contributed by atoms with E-state index in [2.05, 4.69) is 43.1 Å². The fourth-order valence-electron chi connectivity index (χ4n) is 3.60. The fraction of sp³-hybridized carbons (Fsp3) is 0.381. The minimum Gasteiger partial charge on any atom is -0.351 e. The van der Waals surface area contributed by atoms with E-state index in [0.717, 1.165) is 56.0 Å². The van der Waals surface area contributed by atoms with Gasteiger partial charge in [-0.25, -0.2) is 9.97 Å². The number of nitrogens with zero attached hydrogens (tertiary/aromatic N) is 4. The van der Waals surface area contributed by atoms with Crippen molar-refractivity contribution in [1.29, 1.82) is 0 Å². The van der Waals surface area contributed by atoms with Gasteiger partial charge in [0.25, 0.3) is 5.91 Å². The highest BCUT2D eigenvalue weighted by Gasteiger charge is 2.18. The highest BCUT2D eigenvalue weighted by Crippen LogP contribution is 2.17. The summed E-state index contributed by atoms with van der Waals surface area (Å²) in [6.07, 6.45) is 4.50. The number of aromatic nitrogens is 3. The Kier molecular flexibility index (Phi) is 5.53. The van der Waals surface area contributed by atoms with Crippen LogP contribution in [0.2, 0.25) is 0 Å². The molecule has 0 atom stereocenters. The second kappa shape index (κ2) is 8.39. The van der Waals surface area contributed by atoms with Crippen LogP contribution in [0.15, 0.2) is 42.7 Å². The number of nitrogens with one attached hydrogen (secondary N) is 2. The van der Waals surface area contributed by atoms with Gasteiger partial charge in [0.15, 0.2) is 0 Å². The molecule has 4 rings (SSSR count). The van der Waals surface area contributed by atoms with Gasteiger partial charge in [-0.05, 0) is 44.2 Å². The van der Waals surface area contributed by atoms with Crippen molar-refractivity contribution in [2.75, 3.05) is 44.2 Å². The summed E-state index contributed by atoms with van der Waals surface area (Å²) in [7, 11) is 0. The maximum absolute atomic E-state index is 12.4. The van der Waals surface area contributed by atoms with Gasteiger partial charge in [-0.3, -0.25) is 9.69 Å². The van der Waals surface area contributed by atoms with Crippen molar-refractivity contribution in [3.63, 3.8) is 0 Å². The number of anilines is 1. The van der Waals surface area contributed by atoms with E-state index in [1.54, 1.807) is 12.4 Å². The first-order chi connectivity index (χ1) is 13.7. The minimum absolute atomic E-state index is 0.0418. The van der Waals surface area contributed by atoms with Gasteiger partial charge in [-0.15, -0.1) is 0 Å². The number of amides is 1. The second-order valence-corrected chi connectivity index (χ2v) is 7.26. The number of H-pyrrole nitrogens is 1. The van der Waals surface area contributed by atoms with E-state index in [-0.39, 0.29) is 5.91 Å². The van der Waals surface area contributed by atoms with Crippen molar-refractivity contribution in [3.8, 4) is 0 Å². The molecule has 0 radical (unpaired) electrons. The number of carbonyl (C=O) groups excluding carboxylic acids is 1. The number of piperazine rings is 1. The zero-order valence-electron chi connectivity index (χ0n) is 16.2. The molecule has 1 saturated heterocycles. The SMILES string of the molecule is Cc1ccc2[nH]c(C(=O)NCCCN3CCN(c4ncccn4)CC3)cc2c1. The molecule has 3 heterocycles. The number of benzene rings is 1. The van der Waals surface area contributed by atoms with Crippen LogP contribution in [0.25, 0.3) is 10.9 Å². The average molecular weight is 378 g/mol. The van der Waals surface area contributed by atoms with Crippen molar-refractivity contribution in [2.45, 2.75) is 13.3 Å². The van der Waals surface area contributed by atoms with Crippen molar-refractivity contribution < 1.29 is 4.79 Å². The van der Waals surface area contributed by atoms with E-state index in [4.69, 9.17) is 0 Å². The standard InChI is InChI=1S/C21H26N6O/c1-16-4-5-18-17(14-16)15-19(25-18)20(28)22-8-3-9-26-10-12-27(13-11-26)21-23-6-2-7-24-21/h2,4-7,14-15,25H,3,8-13H2,1H3,(H,22,28). The molecule has 2 aromatic heterocycles. The summed E-state index contributed by atoms with van der Waals surface area (Å²) >= 11 is 0. The van der Waals surface area contributed by atoms with E-state index in [9.17, 15) is 4.79 Å². The lowest BCUT2D eigenvalue weighted by Crippen LogP contribution is -2.47. The Labute approximate surface area is 164 Å². The molecule has 146 valence electrons. The van der Waals surface area contributed by atoms with Gasteiger partial charge in [0.05, 0.1) is 0 Å². The Morgan fingerprint density at radius 3 is 2.71 bits per heavy atom. The van der Waals surface area contributed by atoms with Gasteiger partial charge < -0.3 is 15.2 Å². The van der Waals surface area contributed by atoms with Crippen LogP contribution in [0, 0.1) is 6.92 Å². The number of rotatable bonds is 6. The molecule has 3 aromatic rings. The number of aromatic amines is 1. The second-order valence-electron chi connectivity index (χ2n) is 7.26. The van der Waals surface area contributed by atoms with Crippen LogP contribution in [0.1, 0.15) is 22.5 Å². The molecule has 7 heteroatoms. The van der Waals surface area contributed by atoms with E-state index in [1.165, 1.54) is 5.56 Å². The Hall–Kier alpha value is -2.93. The average Bonchev–Trinajstić information content (AvgIpc) is 3.15. The summed E-state index contributed by atoms with van der Waals surface area (Å²) in [4.78, 5) is 28.8. The van der Waals surface area contributed by atoms with Crippen LogP contribution in [0.4, 0.5) is 5.95 Å². The van der Waals surface area contributed by atoms with Crippen LogP contribution in [0.3, 0.4) is 0 Å². The van der Waals surface area contributed by atoms with Crippen molar-refractivity contribution in [3.05, 3.63) is 54.0 Å². The first-order valence-electron chi connectivity index (χ1n) is 9.81. The fourth-order valence-corrected chi connectivity index (χ4v) is 3.60. The van der Waals surface area contributed by atoms with E-state index < -0.39 is 0 Å². The van der Waals surface area contributed by atoms with E-state index in [0.29, 0.717) is 12.2 Å². The zero-order chi connectivity index (χ0) is 19.3. The third-order valence-electron chi connectivity index (χ3n) is 5.16. The Morgan fingerprint density at radius 1 is 1.14 bits per heavy atom. The van der Waals surface area contributed by atoms with Crippen LogP contribution in [0.5, 0.6) is 0 Å². The van der Waals surface area contributed by atoms with Gasteiger partial charge in [-0.1, -0.05) is 11.6 Å². The predicted molar refractivity (Wildman–Crippen MR) is 111 cm³/mol. The topological polar surface area (TPSA) is 77.2 Å². The van der Waals surface area contributed by atoms with Gasteiger partial charge in [0.2, 0.25) is 5.95 Å². The number of hydrogen-bond acceptors (Lipinski definition) is 5. The lowest BCUT2D eigenvalue weighted by molar-refractivity contribution is 0.0947. The molecule has 1 fully saturated rings. The largest absolute Gasteiger partial charge is 0.351 e. The van der Waals surface area contributed by atoms with Crippen LogP contribution in [-0.4, -0.2) is 65.0 Å². The smallest absolute Gasteiger partial charge is 0.267 e. The lowest BCUT2D eigenvalue weighted by atomic mass is 10.2. The minimum atomic E-state index is -0.0418. The number of hydrogen-bond donors (Lipinski definition) is 2. The maximum Gasteiger partial charge on any atom is 0.267 e. The summed E-state index contributed by atoms with van der Waals surface area (Å²) < 4.78 is 0. The van der Waals surface area contributed by atoms with E-state index in [1.807, 2.05) is 24.3 Å². The van der Waals surface area contributed by atoms with Gasteiger partial charge in [-0.2, -0.15) is 0 Å². The molecular weight excluding hydrogens is 352 g/mol. The van der Waals surface area contributed by atoms with E-state index >= 15 is 0 Å². The summed E-state index contributed by atoms with van der Waals surface area (Å²) in [5.41, 5.74) is 2.81. The third-order valence-corrected chi connectivity index (χ3v) is 5.16. The predicted octanol–water partition coefficient (Wildman–Crippen LogP) is 2.21. The van der Waals surface area contributed by atoms with Crippen molar-refractivity contribution in [2.24, 2.45) is 0 Å². The molecule has 0 unspecified atom stereocenters. The number of aryl methyl sites for hydroxylation is 1. The Balaban J connectivity index is 1.19. The molecule has 1 aliphatic rings. The highest BCUT2D eigenvalue weighted by molar-refractivity contribution is 5.98. The highest BCUT2D eigenvalue weighted by atomic mass is 16.1. The summed E-state index contributed by atoms with van der Waals surface area (Å²) in [5.74, 6) is 0.767. The van der Waals surface area contributed by atoms with Crippen molar-refractivity contribution in [1.82, 2.24) is 25.2 Å². The number of carbonyl (C=O) groups is 1. The van der Waals surface area contributed by atoms with Gasteiger partial charge >= 0.3 is 0 Å². The quantitative estimate of drug-likeness (QED) is 0.643. The van der Waals surface area contributed by atoms with Gasteiger partial charge in [0.1, 0.15) is 5.69 Å². The van der Waals surface area contributed by atoms with Crippen LogP contribution in [-0.2, 0) is 0 Å². The summed E-state index contributed by atoms with van der Waals surface area (Å²) in [6.45, 7) is 7.57. The summed E-state index contributed by atoms with van der Waals surface area (Å²) in [5, 5.41) is 4.10. The molecule has 28 heavy (non-hydrogen) atoms. The number of fused-ring (bicyclic) bond motifs is 1. The first kappa shape index (κ1) is 18.4. The molecule has 0 aliphatic carbocycles. The molecule has 1 aromatic carbocycles. The molecular formula is C21H26N6O. The molecule has 0 spiro atoms. The molecule has 2 N–H and O–H groups in total. The van der Waals surface area contributed by atoms with Crippen molar-refractivity contribution >= 4 is 22.8 Å². The van der Waals surface area contributed by atoms with Gasteiger partial charge in [0, 0.05) is 56.0 Å². The molecule has 0 saturated carbocycles. The third kappa shape index (κ3) is 4.31. The molecule has 0 bridgehead atoms. The molecule has 1 aliphatic heterocycles. The zero-order valence-corrected chi connectivity index (χ0v) is 16.2. The monoisotopic (exact) mass is 378 g/mol. The Bertz CT molecular complexity index is 930. The first-order valence-corrected chi connectivity index (χ1v) is 9.81. The van der Waals surface area contributed by atoms with Crippen LogP contribution < -0.4 is 10.2 Å². The lowest BCUT2D eigenvalue weighted by Gasteiger charge is -2.34. The summed E-state index contributed by atoms with van der Waals surface area (Å²) in [6, 6.07) is 9.90.